The third kappa shape index (κ3) is 3.23. The van der Waals surface area contributed by atoms with E-state index in [1.807, 2.05) is 24.3 Å². The highest BCUT2D eigenvalue weighted by atomic mass is 16.4. The van der Waals surface area contributed by atoms with Crippen LogP contribution in [-0.2, 0) is 30.5 Å². The molecule has 0 fully saturated rings. The van der Waals surface area contributed by atoms with Crippen LogP contribution >= 0.6 is 0 Å². The molecule has 5 nitrogen and oxygen atoms in total. The van der Waals surface area contributed by atoms with Crippen LogP contribution < -0.4 is 0 Å². The van der Waals surface area contributed by atoms with Crippen LogP contribution in [0.3, 0.4) is 0 Å². The first kappa shape index (κ1) is 17.7. The molecule has 29 heavy (non-hydrogen) atoms. The van der Waals surface area contributed by atoms with E-state index in [0.717, 1.165) is 36.9 Å². The molecule has 6 rings (SSSR count). The summed E-state index contributed by atoms with van der Waals surface area (Å²) in [5.74, 6) is 0.363. The van der Waals surface area contributed by atoms with Crippen molar-refractivity contribution < 1.29 is 10.0 Å². The first-order valence-electron chi connectivity index (χ1n) is 10.1. The van der Waals surface area contributed by atoms with Gasteiger partial charge in [-0.1, -0.05) is 41.6 Å². The fraction of sp³-hybridized carbons (Fsp3) is 0.250. The van der Waals surface area contributed by atoms with E-state index in [-0.39, 0.29) is 0 Å². The zero-order chi connectivity index (χ0) is 19.8. The first-order chi connectivity index (χ1) is 14.2. The maximum atomic E-state index is 11.4. The average molecular weight is 385 g/mol. The van der Waals surface area contributed by atoms with E-state index >= 15 is 0 Å². The molecule has 4 aromatic rings. The van der Waals surface area contributed by atoms with E-state index < -0.39 is 0 Å². The van der Waals surface area contributed by atoms with Crippen molar-refractivity contribution in [2.45, 2.75) is 38.5 Å². The minimum Gasteiger partial charge on any atom is -0.411 e. The topological polar surface area (TPSA) is 81.2 Å². The number of rotatable bonds is 0. The largest absolute Gasteiger partial charge is 0.411 e. The number of aromatic nitrogens is 2. The Bertz CT molecular complexity index is 1250. The summed E-state index contributed by atoms with van der Waals surface area (Å²) in [5.41, 5.74) is 8.29. The number of H-pyrrole nitrogens is 2. The van der Waals surface area contributed by atoms with Gasteiger partial charge in [-0.3, -0.25) is 4.79 Å². The second kappa shape index (κ2) is 7.24. The number of hydrogen-bond acceptors (Lipinski definition) is 3. The molecule has 0 unspecified atom stereocenters. The van der Waals surface area contributed by atoms with Crippen molar-refractivity contribution in [3.63, 3.8) is 0 Å². The molecular formula is C24H23N3O2. The summed E-state index contributed by atoms with van der Waals surface area (Å²) in [7, 11) is 0. The number of Topliss-reactive ketones (excluding diaryl/α,β-unsaturated/α-hetero) is 1. The number of aromatic amines is 2. The number of fused-ring (bicyclic) bond motifs is 6. The molecule has 0 spiro atoms. The minimum atomic E-state index is 0.363. The number of nitrogens with one attached hydrogen (secondary N) is 2. The van der Waals surface area contributed by atoms with Gasteiger partial charge in [0.25, 0.3) is 0 Å². The molecule has 146 valence electrons. The van der Waals surface area contributed by atoms with E-state index in [1.165, 1.54) is 38.8 Å². The molecule has 2 aromatic heterocycles. The summed E-state index contributed by atoms with van der Waals surface area (Å²) in [6, 6.07) is 16.5. The summed E-state index contributed by atoms with van der Waals surface area (Å²) in [5, 5.41) is 14.6. The van der Waals surface area contributed by atoms with Gasteiger partial charge in [-0.25, -0.2) is 0 Å². The molecule has 0 bridgehead atoms. The SMILES string of the molecule is O/N=C1\CCc2[nH]c3ccccc3c2C1.O=C1CCc2[nH]c3ccccc3c2C1. The molecule has 2 aliphatic rings. The van der Waals surface area contributed by atoms with E-state index in [4.69, 9.17) is 5.21 Å². The van der Waals surface area contributed by atoms with Crippen LogP contribution in [0.2, 0.25) is 0 Å². The molecule has 0 saturated heterocycles. The molecule has 0 radical (unpaired) electrons. The Kier molecular flexibility index (Phi) is 4.43. The van der Waals surface area contributed by atoms with Crippen molar-refractivity contribution in [3.05, 3.63) is 71.0 Å². The Labute approximate surface area is 168 Å². The smallest absolute Gasteiger partial charge is 0.137 e. The average Bonchev–Trinajstić information content (AvgIpc) is 3.31. The molecule has 2 aromatic carbocycles. The van der Waals surface area contributed by atoms with E-state index in [0.29, 0.717) is 18.6 Å². The van der Waals surface area contributed by atoms with Crippen molar-refractivity contribution in [1.82, 2.24) is 9.97 Å². The lowest BCUT2D eigenvalue weighted by molar-refractivity contribution is -0.118. The van der Waals surface area contributed by atoms with Gasteiger partial charge in [0.1, 0.15) is 5.78 Å². The molecular weight excluding hydrogens is 362 g/mol. The van der Waals surface area contributed by atoms with Gasteiger partial charge in [0, 0.05) is 52.5 Å². The van der Waals surface area contributed by atoms with Crippen LogP contribution in [0.15, 0.2) is 53.7 Å². The minimum absolute atomic E-state index is 0.363. The number of para-hydroxylation sites is 2. The first-order valence-corrected chi connectivity index (χ1v) is 10.1. The second-order valence-electron chi connectivity index (χ2n) is 7.81. The number of benzene rings is 2. The van der Waals surface area contributed by atoms with Crippen LogP contribution in [0.4, 0.5) is 0 Å². The fourth-order valence-corrected chi connectivity index (χ4v) is 4.54. The summed E-state index contributed by atoms with van der Waals surface area (Å²) in [4.78, 5) is 18.2. The molecule has 0 saturated carbocycles. The van der Waals surface area contributed by atoms with Gasteiger partial charge >= 0.3 is 0 Å². The van der Waals surface area contributed by atoms with Crippen LogP contribution in [0, 0.1) is 0 Å². The van der Waals surface area contributed by atoms with Gasteiger partial charge in [0.05, 0.1) is 5.71 Å². The van der Waals surface area contributed by atoms with Crippen molar-refractivity contribution in [3.8, 4) is 0 Å². The van der Waals surface area contributed by atoms with Gasteiger partial charge in [-0.2, -0.15) is 0 Å². The van der Waals surface area contributed by atoms with Crippen LogP contribution in [0.5, 0.6) is 0 Å². The van der Waals surface area contributed by atoms with Gasteiger partial charge in [-0.15, -0.1) is 0 Å². The Morgan fingerprint density at radius 1 is 0.724 bits per heavy atom. The molecule has 3 N–H and O–H groups in total. The van der Waals surface area contributed by atoms with Crippen molar-refractivity contribution in [2.75, 3.05) is 0 Å². The normalized spacial score (nSPS) is 17.1. The van der Waals surface area contributed by atoms with E-state index in [2.05, 4.69) is 39.4 Å². The monoisotopic (exact) mass is 385 g/mol. The fourth-order valence-electron chi connectivity index (χ4n) is 4.54. The van der Waals surface area contributed by atoms with E-state index in [9.17, 15) is 4.79 Å². The standard InChI is InChI=1S/C12H12N2O.C12H11NO/c15-14-8-5-6-12-10(7-8)9-3-1-2-4-11(9)13-12;14-8-5-6-12-10(7-8)9-3-1-2-4-11(9)13-12/h1-4,13,15H,5-7H2;1-4,13H,5-7H2/b14-8+;. The highest BCUT2D eigenvalue weighted by molar-refractivity contribution is 5.95. The molecule has 2 heterocycles. The van der Waals surface area contributed by atoms with Gasteiger partial charge in [-0.05, 0) is 42.5 Å². The number of carbonyl (C=O) groups is 1. The summed E-state index contributed by atoms with van der Waals surface area (Å²) >= 11 is 0. The Morgan fingerprint density at radius 3 is 1.90 bits per heavy atom. The van der Waals surface area contributed by atoms with E-state index in [1.54, 1.807) is 0 Å². The molecule has 2 aliphatic carbocycles. The van der Waals surface area contributed by atoms with Crippen molar-refractivity contribution in [2.24, 2.45) is 5.16 Å². The Hall–Kier alpha value is -3.34. The summed E-state index contributed by atoms with van der Waals surface area (Å²) in [6.45, 7) is 0. The Balaban J connectivity index is 0.000000125. The molecule has 0 atom stereocenters. The van der Waals surface area contributed by atoms with Crippen LogP contribution in [0.25, 0.3) is 21.8 Å². The number of nitrogens with zero attached hydrogens (tertiary/aromatic N) is 1. The van der Waals surface area contributed by atoms with Crippen LogP contribution in [-0.4, -0.2) is 26.7 Å². The lowest BCUT2D eigenvalue weighted by Gasteiger charge is -2.12. The molecule has 5 heteroatoms. The zero-order valence-corrected chi connectivity index (χ0v) is 16.2. The zero-order valence-electron chi connectivity index (χ0n) is 16.2. The maximum Gasteiger partial charge on any atom is 0.137 e. The highest BCUT2D eigenvalue weighted by Gasteiger charge is 2.20. The lowest BCUT2D eigenvalue weighted by Crippen LogP contribution is -2.12. The van der Waals surface area contributed by atoms with Crippen LogP contribution in [0.1, 0.15) is 35.4 Å². The van der Waals surface area contributed by atoms with Gasteiger partial charge in [0.2, 0.25) is 0 Å². The maximum absolute atomic E-state index is 11.4. The number of oxime groups is 1. The number of aryl methyl sites for hydroxylation is 2. The van der Waals surface area contributed by atoms with Gasteiger partial charge < -0.3 is 15.2 Å². The molecule has 0 aliphatic heterocycles. The van der Waals surface area contributed by atoms with Crippen molar-refractivity contribution in [1.29, 1.82) is 0 Å². The number of carbonyl (C=O) groups excluding carboxylic acids is 1. The lowest BCUT2D eigenvalue weighted by atomic mass is 9.94. The predicted octanol–water partition coefficient (Wildman–Crippen LogP) is 4.71. The summed E-state index contributed by atoms with van der Waals surface area (Å²) < 4.78 is 0. The predicted molar refractivity (Wildman–Crippen MR) is 115 cm³/mol. The molecule has 0 amide bonds. The number of hydrogen-bond donors (Lipinski definition) is 3. The summed E-state index contributed by atoms with van der Waals surface area (Å²) in [6.07, 6.45) is 4.76. The van der Waals surface area contributed by atoms with Crippen molar-refractivity contribution >= 4 is 33.3 Å². The highest BCUT2D eigenvalue weighted by Crippen LogP contribution is 2.28. The second-order valence-corrected chi connectivity index (χ2v) is 7.81. The third-order valence-electron chi connectivity index (χ3n) is 6.02. The van der Waals surface area contributed by atoms with Gasteiger partial charge in [0.15, 0.2) is 0 Å². The Morgan fingerprint density at radius 2 is 1.28 bits per heavy atom. The quantitative estimate of drug-likeness (QED) is 0.303. The number of ketones is 1. The third-order valence-corrected chi connectivity index (χ3v) is 6.02.